The summed E-state index contributed by atoms with van der Waals surface area (Å²) < 4.78 is 15.7. The zero-order valence-corrected chi connectivity index (χ0v) is 17.6. The molecular weight excluding hydrogens is 410 g/mol. The summed E-state index contributed by atoms with van der Waals surface area (Å²) in [6.07, 6.45) is 0. The number of carbonyl (C=O) groups excluding carboxylic acids is 1. The Morgan fingerprint density at radius 1 is 1.03 bits per heavy atom. The summed E-state index contributed by atoms with van der Waals surface area (Å²) >= 11 is 6.60. The molecule has 0 bridgehead atoms. The zero-order valence-electron chi connectivity index (χ0n) is 16.0. The molecule has 3 rings (SSSR count). The quantitative estimate of drug-likeness (QED) is 0.574. The molecule has 0 saturated carbocycles. The van der Waals surface area contributed by atoms with Crippen LogP contribution >= 0.6 is 23.6 Å². The van der Waals surface area contributed by atoms with Crippen molar-refractivity contribution in [3.05, 3.63) is 53.4 Å². The van der Waals surface area contributed by atoms with Gasteiger partial charge in [-0.25, -0.2) is 4.98 Å². The Hall–Kier alpha value is -3.17. The van der Waals surface area contributed by atoms with Crippen LogP contribution in [0.2, 0.25) is 0 Å². The SMILES string of the molecule is COc1cccc(C(=O)NC(=S)Nc2nc(-c3ccc(OC)c(OC)c3)cs2)c1. The van der Waals surface area contributed by atoms with Crippen LogP contribution in [0.3, 0.4) is 0 Å². The third-order valence-electron chi connectivity index (χ3n) is 3.96. The van der Waals surface area contributed by atoms with Gasteiger partial charge in [-0.2, -0.15) is 0 Å². The molecule has 3 aromatic rings. The third kappa shape index (κ3) is 5.01. The van der Waals surface area contributed by atoms with Crippen molar-refractivity contribution in [1.29, 1.82) is 0 Å². The highest BCUT2D eigenvalue weighted by Crippen LogP contribution is 2.33. The monoisotopic (exact) mass is 429 g/mol. The average Bonchev–Trinajstić information content (AvgIpc) is 3.21. The maximum Gasteiger partial charge on any atom is 0.257 e. The van der Waals surface area contributed by atoms with Gasteiger partial charge in [-0.15, -0.1) is 11.3 Å². The van der Waals surface area contributed by atoms with Crippen molar-refractivity contribution in [2.24, 2.45) is 0 Å². The zero-order chi connectivity index (χ0) is 20.8. The topological polar surface area (TPSA) is 81.7 Å². The Bertz CT molecular complexity index is 1040. The van der Waals surface area contributed by atoms with E-state index in [9.17, 15) is 4.79 Å². The smallest absolute Gasteiger partial charge is 0.257 e. The minimum Gasteiger partial charge on any atom is -0.497 e. The number of thiazole rings is 1. The van der Waals surface area contributed by atoms with E-state index in [-0.39, 0.29) is 11.0 Å². The Balaban J connectivity index is 1.66. The number of nitrogens with zero attached hydrogens (tertiary/aromatic N) is 1. The largest absolute Gasteiger partial charge is 0.497 e. The number of anilines is 1. The normalized spacial score (nSPS) is 10.2. The molecule has 2 aromatic carbocycles. The lowest BCUT2D eigenvalue weighted by Gasteiger charge is -2.09. The van der Waals surface area contributed by atoms with Crippen LogP contribution in [-0.2, 0) is 0 Å². The Kier molecular flexibility index (Phi) is 6.63. The van der Waals surface area contributed by atoms with Gasteiger partial charge in [0.25, 0.3) is 5.91 Å². The number of benzene rings is 2. The van der Waals surface area contributed by atoms with Gasteiger partial charge in [-0.3, -0.25) is 10.1 Å². The lowest BCUT2D eigenvalue weighted by molar-refractivity contribution is 0.0977. The Morgan fingerprint density at radius 3 is 2.55 bits per heavy atom. The van der Waals surface area contributed by atoms with Gasteiger partial charge in [0, 0.05) is 16.5 Å². The number of thiocarbonyl (C=S) groups is 1. The van der Waals surface area contributed by atoms with Crippen LogP contribution in [0.4, 0.5) is 5.13 Å². The van der Waals surface area contributed by atoms with E-state index in [0.717, 1.165) is 11.3 Å². The maximum atomic E-state index is 12.3. The van der Waals surface area contributed by atoms with Crippen LogP contribution in [0.1, 0.15) is 10.4 Å². The van der Waals surface area contributed by atoms with Gasteiger partial charge < -0.3 is 19.5 Å². The first-order chi connectivity index (χ1) is 14.0. The summed E-state index contributed by atoms with van der Waals surface area (Å²) in [5, 5.41) is 8.17. The van der Waals surface area contributed by atoms with Crippen molar-refractivity contribution in [3.63, 3.8) is 0 Å². The minimum absolute atomic E-state index is 0.158. The number of aromatic nitrogens is 1. The predicted octanol–water partition coefficient (Wildman–Crippen LogP) is 3.96. The maximum absolute atomic E-state index is 12.3. The molecule has 0 spiro atoms. The summed E-state index contributed by atoms with van der Waals surface area (Å²) in [4.78, 5) is 16.8. The van der Waals surface area contributed by atoms with E-state index in [1.165, 1.54) is 11.3 Å². The minimum atomic E-state index is -0.335. The van der Waals surface area contributed by atoms with Gasteiger partial charge in [0.15, 0.2) is 21.7 Å². The van der Waals surface area contributed by atoms with Gasteiger partial charge in [0.05, 0.1) is 27.0 Å². The molecule has 0 fully saturated rings. The summed E-state index contributed by atoms with van der Waals surface area (Å²) in [6.45, 7) is 0. The molecule has 2 N–H and O–H groups in total. The number of carbonyl (C=O) groups is 1. The van der Waals surface area contributed by atoms with Crippen LogP contribution in [0.5, 0.6) is 17.2 Å². The number of hydrogen-bond donors (Lipinski definition) is 2. The molecule has 0 saturated heterocycles. The number of ether oxygens (including phenoxy) is 3. The second-order valence-electron chi connectivity index (χ2n) is 5.75. The van der Waals surface area contributed by atoms with Crippen LogP contribution < -0.4 is 24.8 Å². The molecule has 0 radical (unpaired) electrons. The predicted molar refractivity (Wildman–Crippen MR) is 117 cm³/mol. The van der Waals surface area contributed by atoms with Crippen molar-refractivity contribution < 1.29 is 19.0 Å². The van der Waals surface area contributed by atoms with E-state index < -0.39 is 0 Å². The molecule has 1 heterocycles. The second-order valence-corrected chi connectivity index (χ2v) is 7.01. The highest BCUT2D eigenvalue weighted by molar-refractivity contribution is 7.80. The lowest BCUT2D eigenvalue weighted by Crippen LogP contribution is -2.34. The molecule has 7 nitrogen and oxygen atoms in total. The van der Waals surface area contributed by atoms with Crippen molar-refractivity contribution in [1.82, 2.24) is 10.3 Å². The average molecular weight is 430 g/mol. The number of hydrogen-bond acceptors (Lipinski definition) is 7. The van der Waals surface area contributed by atoms with Crippen molar-refractivity contribution in [3.8, 4) is 28.5 Å². The van der Waals surface area contributed by atoms with Gasteiger partial charge >= 0.3 is 0 Å². The molecule has 9 heteroatoms. The second kappa shape index (κ2) is 9.35. The standard InChI is InChI=1S/C20H19N3O4S2/c1-25-14-6-4-5-13(9-14)18(24)22-19(28)23-20-21-15(11-29-20)12-7-8-16(26-2)17(10-12)27-3/h4-11H,1-3H3,(H2,21,22,23,24,28). The highest BCUT2D eigenvalue weighted by atomic mass is 32.1. The van der Waals surface area contributed by atoms with E-state index in [0.29, 0.717) is 27.9 Å². The molecule has 150 valence electrons. The Morgan fingerprint density at radius 2 is 1.83 bits per heavy atom. The lowest BCUT2D eigenvalue weighted by atomic mass is 10.1. The van der Waals surface area contributed by atoms with Crippen molar-refractivity contribution in [2.75, 3.05) is 26.6 Å². The summed E-state index contributed by atoms with van der Waals surface area (Å²) in [6, 6.07) is 12.4. The number of nitrogens with one attached hydrogen (secondary N) is 2. The summed E-state index contributed by atoms with van der Waals surface area (Å²) in [5.74, 6) is 1.52. The van der Waals surface area contributed by atoms with E-state index in [1.54, 1.807) is 45.6 Å². The number of rotatable bonds is 6. The molecule has 0 unspecified atom stereocenters. The fraction of sp³-hybridized carbons (Fsp3) is 0.150. The first-order valence-electron chi connectivity index (χ1n) is 8.48. The number of amides is 1. The van der Waals surface area contributed by atoms with Crippen LogP contribution in [0.25, 0.3) is 11.3 Å². The summed E-state index contributed by atoms with van der Waals surface area (Å²) in [5.41, 5.74) is 2.07. The first-order valence-corrected chi connectivity index (χ1v) is 9.77. The first kappa shape index (κ1) is 20.6. The highest BCUT2D eigenvalue weighted by Gasteiger charge is 2.12. The number of methoxy groups -OCH3 is 3. The fourth-order valence-corrected chi connectivity index (χ4v) is 3.51. The van der Waals surface area contributed by atoms with Gasteiger partial charge in [0.2, 0.25) is 0 Å². The van der Waals surface area contributed by atoms with Gasteiger partial charge in [-0.05, 0) is 48.6 Å². The Labute approximate surface area is 177 Å². The van der Waals surface area contributed by atoms with Crippen LogP contribution in [0.15, 0.2) is 47.8 Å². The molecule has 1 amide bonds. The van der Waals surface area contributed by atoms with E-state index >= 15 is 0 Å². The van der Waals surface area contributed by atoms with Crippen molar-refractivity contribution in [2.45, 2.75) is 0 Å². The summed E-state index contributed by atoms with van der Waals surface area (Å²) in [7, 11) is 4.71. The van der Waals surface area contributed by atoms with E-state index in [1.807, 2.05) is 23.6 Å². The van der Waals surface area contributed by atoms with Crippen LogP contribution in [-0.4, -0.2) is 37.3 Å². The molecular formula is C20H19N3O4S2. The molecule has 0 atom stereocenters. The third-order valence-corrected chi connectivity index (χ3v) is 4.92. The molecule has 29 heavy (non-hydrogen) atoms. The molecule has 0 aliphatic carbocycles. The van der Waals surface area contributed by atoms with Gasteiger partial charge in [0.1, 0.15) is 5.75 Å². The fourth-order valence-electron chi connectivity index (χ4n) is 2.53. The van der Waals surface area contributed by atoms with Crippen molar-refractivity contribution >= 4 is 39.7 Å². The molecule has 0 aliphatic heterocycles. The van der Waals surface area contributed by atoms with Crippen LogP contribution in [0, 0.1) is 0 Å². The molecule has 1 aromatic heterocycles. The van der Waals surface area contributed by atoms with E-state index in [2.05, 4.69) is 15.6 Å². The molecule has 0 aliphatic rings. The van der Waals surface area contributed by atoms with E-state index in [4.69, 9.17) is 26.4 Å². The van der Waals surface area contributed by atoms with Gasteiger partial charge in [-0.1, -0.05) is 6.07 Å².